The van der Waals surface area contributed by atoms with Crippen LogP contribution in [-0.2, 0) is 22.4 Å². The second-order valence-corrected chi connectivity index (χ2v) is 6.51. The van der Waals surface area contributed by atoms with Crippen LogP contribution >= 0.6 is 0 Å². The van der Waals surface area contributed by atoms with Crippen molar-refractivity contribution < 1.29 is 19.4 Å². The fourth-order valence-corrected chi connectivity index (χ4v) is 3.83. The summed E-state index contributed by atoms with van der Waals surface area (Å²) in [6.45, 7) is 1.41. The Morgan fingerprint density at radius 1 is 1.26 bits per heavy atom. The molecule has 5 heteroatoms. The van der Waals surface area contributed by atoms with Crippen molar-refractivity contribution >= 4 is 5.97 Å². The van der Waals surface area contributed by atoms with Crippen LogP contribution in [0.2, 0.25) is 0 Å². The van der Waals surface area contributed by atoms with Crippen molar-refractivity contribution in [3.63, 3.8) is 0 Å². The molecule has 1 aliphatic carbocycles. The molecule has 3 rings (SSSR count). The number of aliphatic hydroxyl groups is 1. The standard InChI is InChI=1S/C18H25NO4/c1-22-15-6-4-12-3-5-14(9-13(12)10-15)19-8-7-17(20)16(11-19)18(21)23-2/h4,6,10,14,16-17,20H,3,5,7-9,11H2,1-2H3/t14?,16-,17-/m0/s1. The molecule has 1 saturated heterocycles. The van der Waals surface area contributed by atoms with E-state index < -0.39 is 12.0 Å². The first-order valence-corrected chi connectivity index (χ1v) is 8.28. The summed E-state index contributed by atoms with van der Waals surface area (Å²) in [7, 11) is 3.08. The third-order valence-electron chi connectivity index (χ3n) is 5.24. The van der Waals surface area contributed by atoms with Gasteiger partial charge in [0.05, 0.1) is 26.2 Å². The number of hydrogen-bond acceptors (Lipinski definition) is 5. The second kappa shape index (κ2) is 6.89. The molecule has 0 spiro atoms. The van der Waals surface area contributed by atoms with Gasteiger partial charge in [-0.25, -0.2) is 0 Å². The highest BCUT2D eigenvalue weighted by atomic mass is 16.5. The minimum Gasteiger partial charge on any atom is -0.497 e. The monoisotopic (exact) mass is 319 g/mol. The number of piperidine rings is 1. The molecule has 0 saturated carbocycles. The minimum atomic E-state index is -0.588. The van der Waals surface area contributed by atoms with E-state index in [9.17, 15) is 9.90 Å². The van der Waals surface area contributed by atoms with Gasteiger partial charge in [0.15, 0.2) is 0 Å². The maximum Gasteiger partial charge on any atom is 0.312 e. The molecule has 126 valence electrons. The first kappa shape index (κ1) is 16.3. The number of rotatable bonds is 3. The number of fused-ring (bicyclic) bond motifs is 1. The van der Waals surface area contributed by atoms with E-state index in [0.717, 1.165) is 31.6 Å². The first-order valence-electron chi connectivity index (χ1n) is 8.28. The lowest BCUT2D eigenvalue weighted by atomic mass is 9.85. The molecule has 1 N–H and O–H groups in total. The highest BCUT2D eigenvalue weighted by Gasteiger charge is 2.37. The number of esters is 1. The number of hydrogen-bond donors (Lipinski definition) is 1. The van der Waals surface area contributed by atoms with E-state index in [1.54, 1.807) is 7.11 Å². The summed E-state index contributed by atoms with van der Waals surface area (Å²) in [6.07, 6.45) is 3.14. The van der Waals surface area contributed by atoms with E-state index in [0.29, 0.717) is 19.0 Å². The molecule has 1 heterocycles. The molecular weight excluding hydrogens is 294 g/mol. The van der Waals surface area contributed by atoms with E-state index in [4.69, 9.17) is 9.47 Å². The molecule has 1 unspecified atom stereocenters. The molecule has 0 bridgehead atoms. The van der Waals surface area contributed by atoms with E-state index in [1.165, 1.54) is 18.2 Å². The van der Waals surface area contributed by atoms with Crippen LogP contribution in [0.15, 0.2) is 18.2 Å². The van der Waals surface area contributed by atoms with Crippen molar-refractivity contribution in [3.8, 4) is 5.75 Å². The van der Waals surface area contributed by atoms with Crippen molar-refractivity contribution in [3.05, 3.63) is 29.3 Å². The number of methoxy groups -OCH3 is 2. The van der Waals surface area contributed by atoms with Gasteiger partial charge in [0.25, 0.3) is 0 Å². The Morgan fingerprint density at radius 2 is 2.09 bits per heavy atom. The zero-order valence-electron chi connectivity index (χ0n) is 13.8. The summed E-state index contributed by atoms with van der Waals surface area (Å²) in [4.78, 5) is 14.2. The van der Waals surface area contributed by atoms with Gasteiger partial charge in [0, 0.05) is 19.1 Å². The zero-order valence-corrected chi connectivity index (χ0v) is 13.8. The van der Waals surface area contributed by atoms with E-state index in [2.05, 4.69) is 17.0 Å². The van der Waals surface area contributed by atoms with Crippen molar-refractivity contribution in [2.75, 3.05) is 27.3 Å². The molecule has 3 atom stereocenters. The highest BCUT2D eigenvalue weighted by molar-refractivity contribution is 5.73. The van der Waals surface area contributed by atoms with Gasteiger partial charge in [0.1, 0.15) is 5.75 Å². The molecule has 23 heavy (non-hydrogen) atoms. The summed E-state index contributed by atoms with van der Waals surface area (Å²) < 4.78 is 10.2. The Labute approximate surface area is 137 Å². The SMILES string of the molecule is COC(=O)[C@H]1CN(C2CCc3ccc(OC)cc3C2)CC[C@@H]1O. The third-order valence-corrected chi connectivity index (χ3v) is 5.24. The lowest BCUT2D eigenvalue weighted by Crippen LogP contribution is -2.51. The van der Waals surface area contributed by atoms with Gasteiger partial charge in [-0.1, -0.05) is 6.07 Å². The van der Waals surface area contributed by atoms with E-state index in [1.807, 2.05) is 6.07 Å². The zero-order chi connectivity index (χ0) is 16.4. The molecule has 0 aromatic heterocycles. The maximum absolute atomic E-state index is 11.9. The second-order valence-electron chi connectivity index (χ2n) is 6.51. The summed E-state index contributed by atoms with van der Waals surface area (Å²) in [6, 6.07) is 6.71. The normalized spacial score (nSPS) is 28.0. The molecule has 0 amide bonds. The quantitative estimate of drug-likeness (QED) is 0.854. The molecule has 5 nitrogen and oxygen atoms in total. The van der Waals surface area contributed by atoms with Gasteiger partial charge >= 0.3 is 5.97 Å². The van der Waals surface area contributed by atoms with E-state index >= 15 is 0 Å². The largest absolute Gasteiger partial charge is 0.497 e. The topological polar surface area (TPSA) is 59.0 Å². The molecular formula is C18H25NO4. The molecule has 2 aliphatic rings. The maximum atomic E-state index is 11.9. The first-order chi connectivity index (χ1) is 11.1. The van der Waals surface area contributed by atoms with Crippen LogP contribution < -0.4 is 4.74 Å². The number of carbonyl (C=O) groups is 1. The summed E-state index contributed by atoms with van der Waals surface area (Å²) >= 11 is 0. The Kier molecular flexibility index (Phi) is 4.87. The summed E-state index contributed by atoms with van der Waals surface area (Å²) in [5.74, 6) is 0.159. The van der Waals surface area contributed by atoms with Crippen molar-refractivity contribution in [1.82, 2.24) is 4.90 Å². The average molecular weight is 319 g/mol. The number of aliphatic hydroxyl groups excluding tert-OH is 1. The molecule has 1 fully saturated rings. The number of carbonyl (C=O) groups excluding carboxylic acids is 1. The van der Waals surface area contributed by atoms with Gasteiger partial charge in [-0.05, 0) is 48.9 Å². The van der Waals surface area contributed by atoms with Gasteiger partial charge < -0.3 is 14.6 Å². The van der Waals surface area contributed by atoms with Gasteiger partial charge in [0.2, 0.25) is 0 Å². The molecule has 1 aliphatic heterocycles. The Morgan fingerprint density at radius 3 is 2.83 bits per heavy atom. The van der Waals surface area contributed by atoms with Crippen LogP contribution in [-0.4, -0.2) is 55.4 Å². The summed E-state index contributed by atoms with van der Waals surface area (Å²) in [5, 5.41) is 10.1. The van der Waals surface area contributed by atoms with Gasteiger partial charge in [-0.2, -0.15) is 0 Å². The molecule has 0 radical (unpaired) electrons. The van der Waals surface area contributed by atoms with Crippen LogP contribution in [0.5, 0.6) is 5.75 Å². The number of likely N-dealkylation sites (tertiary alicyclic amines) is 1. The van der Waals surface area contributed by atoms with Crippen molar-refractivity contribution in [2.45, 2.75) is 37.8 Å². The Bertz CT molecular complexity index is 574. The fraction of sp³-hybridized carbons (Fsp3) is 0.611. The van der Waals surface area contributed by atoms with Crippen LogP contribution in [0.1, 0.15) is 24.0 Å². The third kappa shape index (κ3) is 3.35. The minimum absolute atomic E-state index is 0.305. The number of nitrogens with zero attached hydrogens (tertiary/aromatic N) is 1. The lowest BCUT2D eigenvalue weighted by molar-refractivity contribution is -0.153. The van der Waals surface area contributed by atoms with Gasteiger partial charge in [-0.15, -0.1) is 0 Å². The molecule has 1 aromatic carbocycles. The molecule has 1 aromatic rings. The van der Waals surface area contributed by atoms with E-state index in [-0.39, 0.29) is 5.97 Å². The van der Waals surface area contributed by atoms with Crippen molar-refractivity contribution in [1.29, 1.82) is 0 Å². The Balaban J connectivity index is 1.71. The number of benzene rings is 1. The van der Waals surface area contributed by atoms with Crippen LogP contribution in [0.25, 0.3) is 0 Å². The van der Waals surface area contributed by atoms with Gasteiger partial charge in [-0.3, -0.25) is 9.69 Å². The fourth-order valence-electron chi connectivity index (χ4n) is 3.83. The van der Waals surface area contributed by atoms with Crippen molar-refractivity contribution in [2.24, 2.45) is 5.92 Å². The Hall–Kier alpha value is -1.59. The lowest BCUT2D eigenvalue weighted by Gasteiger charge is -2.41. The predicted octanol–water partition coefficient (Wildman–Crippen LogP) is 1.41. The highest BCUT2D eigenvalue weighted by Crippen LogP contribution is 2.30. The average Bonchev–Trinajstić information content (AvgIpc) is 2.60. The summed E-state index contributed by atoms with van der Waals surface area (Å²) in [5.41, 5.74) is 2.73. The predicted molar refractivity (Wildman–Crippen MR) is 86.5 cm³/mol. The van der Waals surface area contributed by atoms with Crippen LogP contribution in [0, 0.1) is 5.92 Å². The van der Waals surface area contributed by atoms with Crippen LogP contribution in [0.3, 0.4) is 0 Å². The number of ether oxygens (including phenoxy) is 2. The van der Waals surface area contributed by atoms with Crippen LogP contribution in [0.4, 0.5) is 0 Å². The smallest absolute Gasteiger partial charge is 0.312 e. The number of aryl methyl sites for hydroxylation is 1.